The lowest BCUT2D eigenvalue weighted by molar-refractivity contribution is -0.138. The Hall–Kier alpha value is -3.19. The van der Waals surface area contributed by atoms with Crippen LogP contribution in [0, 0.1) is 0 Å². The molecule has 2 aromatic carbocycles. The van der Waals surface area contributed by atoms with Crippen molar-refractivity contribution >= 4 is 5.91 Å². The van der Waals surface area contributed by atoms with Crippen LogP contribution in [0.15, 0.2) is 65.2 Å². The van der Waals surface area contributed by atoms with Gasteiger partial charge in [-0.15, -0.1) is 0 Å². The van der Waals surface area contributed by atoms with Crippen molar-refractivity contribution in [2.45, 2.75) is 38.3 Å². The van der Waals surface area contributed by atoms with E-state index >= 15 is 0 Å². The van der Waals surface area contributed by atoms with Gasteiger partial charge in [-0.05, 0) is 37.0 Å². The van der Waals surface area contributed by atoms with Crippen molar-refractivity contribution in [3.05, 3.63) is 77.9 Å². The average Bonchev–Trinajstić information content (AvgIpc) is 3.30. The van der Waals surface area contributed by atoms with Crippen LogP contribution >= 0.6 is 0 Å². The van der Waals surface area contributed by atoms with Crippen molar-refractivity contribution in [2.24, 2.45) is 0 Å². The number of para-hydroxylation sites is 1. The minimum atomic E-state index is -0.202. The molecule has 0 bridgehead atoms. The summed E-state index contributed by atoms with van der Waals surface area (Å²) in [6.07, 6.45) is 3.35. The van der Waals surface area contributed by atoms with Gasteiger partial charge in [0.2, 0.25) is 5.89 Å². The number of amides is 1. The molecule has 1 aliphatic heterocycles. The van der Waals surface area contributed by atoms with Crippen LogP contribution in [0.25, 0.3) is 0 Å². The second-order valence-corrected chi connectivity index (χ2v) is 7.54. The number of rotatable bonds is 9. The number of aromatic nitrogens is 2. The summed E-state index contributed by atoms with van der Waals surface area (Å²) in [5.41, 5.74) is 1.13. The average molecular weight is 421 g/mol. The van der Waals surface area contributed by atoms with Crippen LogP contribution in [0.5, 0.6) is 5.75 Å². The van der Waals surface area contributed by atoms with Gasteiger partial charge in [-0.3, -0.25) is 4.79 Å². The van der Waals surface area contributed by atoms with E-state index in [0.29, 0.717) is 43.6 Å². The van der Waals surface area contributed by atoms with Crippen LogP contribution < -0.4 is 4.74 Å². The molecule has 1 unspecified atom stereocenters. The second-order valence-electron chi connectivity index (χ2n) is 7.54. The van der Waals surface area contributed by atoms with Crippen LogP contribution in [-0.2, 0) is 22.6 Å². The molecule has 0 saturated carbocycles. The Labute approximate surface area is 182 Å². The van der Waals surface area contributed by atoms with Gasteiger partial charge in [0.1, 0.15) is 11.8 Å². The number of nitrogens with zero attached hydrogens (tertiary/aromatic N) is 3. The van der Waals surface area contributed by atoms with E-state index in [0.717, 1.165) is 24.8 Å². The molecule has 7 heteroatoms. The normalized spacial score (nSPS) is 16.3. The molecular weight excluding hydrogens is 394 g/mol. The molecule has 0 N–H and O–H groups in total. The van der Waals surface area contributed by atoms with Gasteiger partial charge in [-0.1, -0.05) is 53.7 Å². The van der Waals surface area contributed by atoms with E-state index in [-0.39, 0.29) is 18.6 Å². The molecule has 7 nitrogen and oxygen atoms in total. The largest absolute Gasteiger partial charge is 0.484 e. The number of hydrogen-bond donors (Lipinski definition) is 0. The molecule has 0 spiro atoms. The number of likely N-dealkylation sites (tertiary alicyclic amines) is 1. The Morgan fingerprint density at radius 3 is 2.65 bits per heavy atom. The molecule has 1 fully saturated rings. The van der Waals surface area contributed by atoms with Crippen molar-refractivity contribution in [3.63, 3.8) is 0 Å². The number of carbonyl (C=O) groups is 1. The Bertz CT molecular complexity index is 946. The van der Waals surface area contributed by atoms with Crippen molar-refractivity contribution in [1.82, 2.24) is 15.0 Å². The van der Waals surface area contributed by atoms with E-state index < -0.39 is 0 Å². The standard InChI is InChI=1S/C24H27N3O4/c28-23(18-30-20-11-5-2-6-12-20)27-15-8-7-13-21(27)24-25-22(26-31-24)14-16-29-17-19-9-3-1-4-10-19/h1-6,9-12,21H,7-8,13-18H2. The van der Waals surface area contributed by atoms with Crippen LogP contribution in [0.1, 0.15) is 42.6 Å². The van der Waals surface area contributed by atoms with Gasteiger partial charge in [-0.2, -0.15) is 4.98 Å². The van der Waals surface area contributed by atoms with Gasteiger partial charge in [0.25, 0.3) is 5.91 Å². The second kappa shape index (κ2) is 10.7. The van der Waals surface area contributed by atoms with E-state index in [1.807, 2.05) is 60.7 Å². The first-order valence-corrected chi connectivity index (χ1v) is 10.7. The molecule has 162 valence electrons. The Balaban J connectivity index is 1.29. The summed E-state index contributed by atoms with van der Waals surface area (Å²) >= 11 is 0. The van der Waals surface area contributed by atoms with Gasteiger partial charge >= 0.3 is 0 Å². The molecule has 1 aromatic heterocycles. The molecule has 2 heterocycles. The fourth-order valence-corrected chi connectivity index (χ4v) is 3.66. The lowest BCUT2D eigenvalue weighted by atomic mass is 10.0. The molecular formula is C24H27N3O4. The van der Waals surface area contributed by atoms with Crippen molar-refractivity contribution < 1.29 is 18.8 Å². The number of hydrogen-bond acceptors (Lipinski definition) is 6. The Morgan fingerprint density at radius 1 is 1.06 bits per heavy atom. The van der Waals surface area contributed by atoms with Gasteiger partial charge in [0.05, 0.1) is 13.2 Å². The number of piperidine rings is 1. The zero-order valence-corrected chi connectivity index (χ0v) is 17.5. The highest BCUT2D eigenvalue weighted by molar-refractivity contribution is 5.78. The molecule has 4 rings (SSSR count). The Kier molecular flexibility index (Phi) is 7.28. The van der Waals surface area contributed by atoms with E-state index in [4.69, 9.17) is 14.0 Å². The van der Waals surface area contributed by atoms with E-state index in [1.54, 1.807) is 4.90 Å². The van der Waals surface area contributed by atoms with Crippen molar-refractivity contribution in [1.29, 1.82) is 0 Å². The first-order valence-electron chi connectivity index (χ1n) is 10.7. The highest BCUT2D eigenvalue weighted by Crippen LogP contribution is 2.30. The van der Waals surface area contributed by atoms with Gasteiger partial charge in [0, 0.05) is 13.0 Å². The molecule has 1 atom stereocenters. The van der Waals surface area contributed by atoms with Gasteiger partial charge in [-0.25, -0.2) is 0 Å². The lowest BCUT2D eigenvalue weighted by Crippen LogP contribution is -2.41. The van der Waals surface area contributed by atoms with Crippen molar-refractivity contribution in [3.8, 4) is 5.75 Å². The van der Waals surface area contributed by atoms with Crippen LogP contribution in [-0.4, -0.2) is 40.7 Å². The van der Waals surface area contributed by atoms with Crippen molar-refractivity contribution in [2.75, 3.05) is 19.8 Å². The summed E-state index contributed by atoms with van der Waals surface area (Å²) in [5.74, 6) is 1.70. The van der Waals surface area contributed by atoms with E-state index in [9.17, 15) is 4.79 Å². The smallest absolute Gasteiger partial charge is 0.261 e. The first kappa shape index (κ1) is 21.1. The van der Waals surface area contributed by atoms with E-state index in [1.165, 1.54) is 0 Å². The SMILES string of the molecule is O=C(COc1ccccc1)N1CCCCC1c1nc(CCOCc2ccccc2)no1. The van der Waals surface area contributed by atoms with Gasteiger partial charge < -0.3 is 18.9 Å². The molecule has 1 amide bonds. The molecule has 0 aliphatic carbocycles. The maximum atomic E-state index is 12.8. The monoisotopic (exact) mass is 421 g/mol. The summed E-state index contributed by atoms with van der Waals surface area (Å²) in [7, 11) is 0. The maximum Gasteiger partial charge on any atom is 0.261 e. The molecule has 3 aromatic rings. The summed E-state index contributed by atoms with van der Waals surface area (Å²) < 4.78 is 16.9. The zero-order chi connectivity index (χ0) is 21.3. The quantitative estimate of drug-likeness (QED) is 0.487. The third-order valence-electron chi connectivity index (χ3n) is 5.28. The summed E-state index contributed by atoms with van der Waals surface area (Å²) in [4.78, 5) is 19.1. The van der Waals surface area contributed by atoms with E-state index in [2.05, 4.69) is 10.1 Å². The molecule has 31 heavy (non-hydrogen) atoms. The molecule has 1 aliphatic rings. The molecule has 0 radical (unpaired) electrons. The highest BCUT2D eigenvalue weighted by atomic mass is 16.5. The van der Waals surface area contributed by atoms with Gasteiger partial charge in [0.15, 0.2) is 12.4 Å². The maximum absolute atomic E-state index is 12.8. The van der Waals surface area contributed by atoms with Crippen LogP contribution in [0.4, 0.5) is 0 Å². The predicted octanol–water partition coefficient (Wildman–Crippen LogP) is 3.96. The lowest BCUT2D eigenvalue weighted by Gasteiger charge is -2.33. The van der Waals surface area contributed by atoms with Crippen LogP contribution in [0.3, 0.4) is 0 Å². The summed E-state index contributed by atoms with van der Waals surface area (Å²) in [5, 5.41) is 4.09. The Morgan fingerprint density at radius 2 is 1.84 bits per heavy atom. The minimum Gasteiger partial charge on any atom is -0.484 e. The highest BCUT2D eigenvalue weighted by Gasteiger charge is 2.32. The fraction of sp³-hybridized carbons (Fsp3) is 0.375. The number of benzene rings is 2. The summed E-state index contributed by atoms with van der Waals surface area (Å²) in [6.45, 7) is 1.72. The topological polar surface area (TPSA) is 77.7 Å². The third-order valence-corrected chi connectivity index (χ3v) is 5.28. The first-order chi connectivity index (χ1) is 15.3. The number of ether oxygens (including phenoxy) is 2. The minimum absolute atomic E-state index is 0.00513. The fourth-order valence-electron chi connectivity index (χ4n) is 3.66. The zero-order valence-electron chi connectivity index (χ0n) is 17.5. The molecule has 1 saturated heterocycles. The predicted molar refractivity (Wildman–Crippen MR) is 114 cm³/mol. The summed E-state index contributed by atoms with van der Waals surface area (Å²) in [6, 6.07) is 19.2. The van der Waals surface area contributed by atoms with Crippen LogP contribution in [0.2, 0.25) is 0 Å². The number of carbonyl (C=O) groups excluding carboxylic acids is 1. The third kappa shape index (κ3) is 5.92.